The molecule has 2 aliphatic heterocycles. The van der Waals surface area contributed by atoms with Gasteiger partial charge >= 0.3 is 0 Å². The van der Waals surface area contributed by atoms with E-state index in [-0.39, 0.29) is 36.5 Å². The van der Waals surface area contributed by atoms with Crippen LogP contribution < -0.4 is 10.6 Å². The molecular weight excluding hydrogens is 500 g/mol. The number of amidine groups is 2. The first-order chi connectivity index (χ1) is 17.3. The summed E-state index contributed by atoms with van der Waals surface area (Å²) in [6.07, 6.45) is 0.0474. The number of carbonyl (C=O) groups excluding carboxylic acids is 4. The molecule has 0 aromatic heterocycles. The van der Waals surface area contributed by atoms with E-state index >= 15 is 0 Å². The van der Waals surface area contributed by atoms with E-state index in [4.69, 9.17) is 0 Å². The number of benzene rings is 1. The van der Waals surface area contributed by atoms with Crippen LogP contribution >= 0.6 is 23.5 Å². The van der Waals surface area contributed by atoms with Crippen LogP contribution in [0.15, 0.2) is 34.3 Å². The monoisotopic (exact) mass is 532 g/mol. The lowest BCUT2D eigenvalue weighted by Gasteiger charge is -2.13. The molecule has 2 saturated heterocycles. The highest BCUT2D eigenvalue weighted by atomic mass is 32.2. The Morgan fingerprint density at radius 3 is 1.58 bits per heavy atom. The molecule has 2 aliphatic rings. The van der Waals surface area contributed by atoms with Gasteiger partial charge < -0.3 is 10.6 Å². The maximum atomic E-state index is 12.6. The van der Waals surface area contributed by atoms with Gasteiger partial charge in [-0.2, -0.15) is 0 Å². The molecule has 4 amide bonds. The molecule has 3 rings (SSSR count). The lowest BCUT2D eigenvalue weighted by molar-refractivity contribution is -0.128. The van der Waals surface area contributed by atoms with Crippen LogP contribution in [0, 0.1) is 0 Å². The van der Waals surface area contributed by atoms with Crippen LogP contribution in [0.25, 0.3) is 0 Å². The molecule has 0 aliphatic carbocycles. The van der Waals surface area contributed by atoms with Gasteiger partial charge in [-0.1, -0.05) is 29.6 Å². The smallest absolute Gasteiger partial charge is 0.242 e. The van der Waals surface area contributed by atoms with Crippen LogP contribution in [0.4, 0.5) is 11.4 Å². The fourth-order valence-electron chi connectivity index (χ4n) is 3.81. The van der Waals surface area contributed by atoms with Crippen LogP contribution in [0.1, 0.15) is 40.5 Å². The fraction of sp³-hybridized carbons (Fsp3) is 0.500. The van der Waals surface area contributed by atoms with Gasteiger partial charge in [0.05, 0.1) is 0 Å². The number of nitrogens with zero attached hydrogens (tertiary/aromatic N) is 4. The molecule has 0 saturated carbocycles. The molecule has 36 heavy (non-hydrogen) atoms. The zero-order chi connectivity index (χ0) is 26.2. The minimum Gasteiger partial charge on any atom is -0.326 e. The second-order valence-electron chi connectivity index (χ2n) is 7.98. The number of thioether (sulfide) groups is 2. The number of carbonyl (C=O) groups is 4. The van der Waals surface area contributed by atoms with E-state index in [9.17, 15) is 19.2 Å². The Morgan fingerprint density at radius 2 is 1.22 bits per heavy atom. The van der Waals surface area contributed by atoms with Crippen LogP contribution in [0.2, 0.25) is 0 Å². The third kappa shape index (κ3) is 6.67. The number of amides is 4. The van der Waals surface area contributed by atoms with E-state index in [1.807, 2.05) is 27.7 Å². The normalized spacial score (nSPS) is 22.1. The van der Waals surface area contributed by atoms with Crippen molar-refractivity contribution in [3.63, 3.8) is 0 Å². The van der Waals surface area contributed by atoms with Crippen LogP contribution in [-0.2, 0) is 19.2 Å². The van der Waals surface area contributed by atoms with E-state index < -0.39 is 10.5 Å². The summed E-state index contributed by atoms with van der Waals surface area (Å²) in [5.74, 6) is -0.820. The number of rotatable bonds is 10. The molecule has 10 nitrogen and oxygen atoms in total. The second-order valence-corrected chi connectivity index (χ2v) is 10.3. The van der Waals surface area contributed by atoms with Crippen LogP contribution in [0.5, 0.6) is 0 Å². The number of aliphatic imine (C=N–C) groups is 2. The zero-order valence-electron chi connectivity index (χ0n) is 20.9. The molecule has 2 atom stereocenters. The molecule has 194 valence electrons. The highest BCUT2D eigenvalue weighted by Gasteiger charge is 2.39. The first-order valence-corrected chi connectivity index (χ1v) is 13.8. The third-order valence-electron chi connectivity index (χ3n) is 5.43. The van der Waals surface area contributed by atoms with Gasteiger partial charge in [0.25, 0.3) is 0 Å². The van der Waals surface area contributed by atoms with Gasteiger partial charge in [-0.3, -0.25) is 39.0 Å². The van der Waals surface area contributed by atoms with E-state index in [1.165, 1.54) is 23.5 Å². The Kier molecular flexibility index (Phi) is 9.94. The van der Waals surface area contributed by atoms with Crippen molar-refractivity contribution in [2.75, 3.05) is 36.8 Å². The standard InChI is InChI=1S/C24H32N6O4S2/c1-5-25-23-29(7-3)21(33)17(35-23)13-19(31)27-15-10-9-11-16(12-15)28-20(32)14-18-22(34)30(8-4)24(36-18)26-6-2/h9-12,17-18H,5-8,13-14H2,1-4H3,(H,27,31)(H,28,32)/t17-,18+. The van der Waals surface area contributed by atoms with Crippen molar-refractivity contribution < 1.29 is 19.2 Å². The van der Waals surface area contributed by atoms with Crippen molar-refractivity contribution in [1.82, 2.24) is 9.80 Å². The van der Waals surface area contributed by atoms with Gasteiger partial charge in [0.15, 0.2) is 10.3 Å². The molecule has 2 heterocycles. The maximum absolute atomic E-state index is 12.6. The number of hydrogen-bond donors (Lipinski definition) is 2. The van der Waals surface area contributed by atoms with Gasteiger partial charge in [0.2, 0.25) is 23.6 Å². The molecule has 2 fully saturated rings. The predicted molar refractivity (Wildman–Crippen MR) is 146 cm³/mol. The van der Waals surface area contributed by atoms with Crippen molar-refractivity contribution in [2.45, 2.75) is 51.0 Å². The summed E-state index contributed by atoms with van der Waals surface area (Å²) < 4.78 is 0. The number of anilines is 2. The molecule has 1 aromatic rings. The molecule has 1 aromatic carbocycles. The second kappa shape index (κ2) is 12.9. The summed E-state index contributed by atoms with van der Waals surface area (Å²) in [5, 5.41) is 5.89. The summed E-state index contributed by atoms with van der Waals surface area (Å²) in [6.45, 7) is 9.73. The summed E-state index contributed by atoms with van der Waals surface area (Å²) in [4.78, 5) is 62.4. The van der Waals surface area contributed by atoms with Gasteiger partial charge in [-0.05, 0) is 45.9 Å². The Hall–Kier alpha value is -2.86. The molecule has 0 unspecified atom stereocenters. The van der Waals surface area contributed by atoms with Gasteiger partial charge in [0, 0.05) is 50.4 Å². The van der Waals surface area contributed by atoms with Gasteiger partial charge in [-0.25, -0.2) is 0 Å². The summed E-state index contributed by atoms with van der Waals surface area (Å²) in [7, 11) is 0. The molecule has 12 heteroatoms. The van der Waals surface area contributed by atoms with Crippen molar-refractivity contribution in [3.8, 4) is 0 Å². The lowest BCUT2D eigenvalue weighted by atomic mass is 10.2. The number of nitrogens with one attached hydrogen (secondary N) is 2. The van der Waals surface area contributed by atoms with E-state index in [0.717, 1.165) is 0 Å². The summed E-state index contributed by atoms with van der Waals surface area (Å²) >= 11 is 2.63. The average molecular weight is 533 g/mol. The molecule has 0 radical (unpaired) electrons. The van der Waals surface area contributed by atoms with Gasteiger partial charge in [-0.15, -0.1) is 0 Å². The van der Waals surface area contributed by atoms with E-state index in [0.29, 0.717) is 47.9 Å². The average Bonchev–Trinajstić information content (AvgIpc) is 3.29. The van der Waals surface area contributed by atoms with Crippen LogP contribution in [-0.4, -0.2) is 80.4 Å². The zero-order valence-corrected chi connectivity index (χ0v) is 22.6. The fourth-order valence-corrected chi connectivity index (χ4v) is 6.34. The van der Waals surface area contributed by atoms with E-state index in [2.05, 4.69) is 20.6 Å². The van der Waals surface area contributed by atoms with Crippen molar-refractivity contribution in [1.29, 1.82) is 0 Å². The predicted octanol–water partition coefficient (Wildman–Crippen LogP) is 3.02. The largest absolute Gasteiger partial charge is 0.326 e. The SMILES string of the molecule is CCN=C1S[C@@H](CC(=O)Nc2cccc(NC(=O)C[C@H]3SC(=NCC)N(CC)C3=O)c2)C(=O)N1CC. The Morgan fingerprint density at radius 1 is 0.806 bits per heavy atom. The minimum atomic E-state index is -0.511. The van der Waals surface area contributed by atoms with Crippen molar-refractivity contribution >= 4 is 68.9 Å². The first kappa shape index (κ1) is 27.7. The summed E-state index contributed by atoms with van der Waals surface area (Å²) in [6, 6.07) is 6.78. The molecule has 2 N–H and O–H groups in total. The van der Waals surface area contributed by atoms with Crippen molar-refractivity contribution in [3.05, 3.63) is 24.3 Å². The van der Waals surface area contributed by atoms with Gasteiger partial charge in [0.1, 0.15) is 10.5 Å². The lowest BCUT2D eigenvalue weighted by Crippen LogP contribution is -2.33. The molecular formula is C24H32N6O4S2. The summed E-state index contributed by atoms with van der Waals surface area (Å²) in [5.41, 5.74) is 1.01. The first-order valence-electron chi connectivity index (χ1n) is 12.1. The molecule has 0 bridgehead atoms. The highest BCUT2D eigenvalue weighted by Crippen LogP contribution is 2.31. The number of hydrogen-bond acceptors (Lipinski definition) is 8. The maximum Gasteiger partial charge on any atom is 0.242 e. The Bertz CT molecular complexity index is 997. The Labute approximate surface area is 219 Å². The quantitative estimate of drug-likeness (QED) is 0.478. The third-order valence-corrected chi connectivity index (χ3v) is 7.86. The molecule has 0 spiro atoms. The van der Waals surface area contributed by atoms with E-state index in [1.54, 1.807) is 34.1 Å². The van der Waals surface area contributed by atoms with Crippen molar-refractivity contribution in [2.24, 2.45) is 9.98 Å². The minimum absolute atomic E-state index is 0.0237. The Balaban J connectivity index is 1.56. The van der Waals surface area contributed by atoms with Crippen LogP contribution in [0.3, 0.4) is 0 Å². The highest BCUT2D eigenvalue weighted by molar-refractivity contribution is 8.15. The topological polar surface area (TPSA) is 124 Å².